The lowest BCUT2D eigenvalue weighted by molar-refractivity contribution is 0.1000. The quantitative estimate of drug-likeness (QED) is 0.682. The van der Waals surface area contributed by atoms with E-state index in [9.17, 15) is 9.59 Å². The van der Waals surface area contributed by atoms with Gasteiger partial charge in [-0.05, 0) is 52.6 Å². The van der Waals surface area contributed by atoms with E-state index in [0.717, 1.165) is 22.3 Å². The molecule has 0 aromatic heterocycles. The minimum atomic E-state index is -0.218. The van der Waals surface area contributed by atoms with Gasteiger partial charge in [-0.3, -0.25) is 4.79 Å². The minimum Gasteiger partial charge on any atom is -0.316 e. The number of carbonyl (C=O) groups is 2. The molecule has 0 saturated carbocycles. The van der Waals surface area contributed by atoms with Crippen LogP contribution in [0.3, 0.4) is 0 Å². The monoisotopic (exact) mass is 406 g/mol. The third kappa shape index (κ3) is 3.47. The largest absolute Gasteiger partial charge is 0.322 e. The first-order valence-corrected chi connectivity index (χ1v) is 9.97. The zero-order valence-corrected chi connectivity index (χ0v) is 16.6. The molecular weight excluding hydrogens is 388 g/mol. The molecule has 2 heterocycles. The molecule has 31 heavy (non-hydrogen) atoms. The average Bonchev–Trinajstić information content (AvgIpc) is 3.24. The van der Waals surface area contributed by atoms with Gasteiger partial charge in [-0.1, -0.05) is 36.4 Å². The molecule has 0 bridgehead atoms. The van der Waals surface area contributed by atoms with E-state index < -0.39 is 0 Å². The van der Waals surface area contributed by atoms with Crippen molar-refractivity contribution in [2.45, 2.75) is 19.0 Å². The van der Waals surface area contributed by atoms with Crippen LogP contribution in [-0.2, 0) is 13.1 Å². The normalized spacial score (nSPS) is 16.4. The van der Waals surface area contributed by atoms with Crippen LogP contribution in [0.5, 0.6) is 0 Å². The molecule has 2 aliphatic rings. The number of rotatable bonds is 2. The highest BCUT2D eigenvalue weighted by Gasteiger charge is 2.25. The fraction of sp³-hybridized carbons (Fsp3) is 0.120. The first kappa shape index (κ1) is 18.8. The lowest BCUT2D eigenvalue weighted by Gasteiger charge is -2.20. The van der Waals surface area contributed by atoms with Gasteiger partial charge in [0, 0.05) is 36.5 Å². The van der Waals surface area contributed by atoms with Crippen LogP contribution in [0.4, 0.5) is 10.5 Å². The molecule has 1 N–H and O–H groups in total. The average molecular weight is 406 g/mol. The topological polar surface area (TPSA) is 85.6 Å². The van der Waals surface area contributed by atoms with Gasteiger partial charge in [-0.2, -0.15) is 5.26 Å². The maximum Gasteiger partial charge on any atom is 0.322 e. The second kappa shape index (κ2) is 7.54. The Kier molecular flexibility index (Phi) is 4.57. The Morgan fingerprint density at radius 2 is 1.81 bits per heavy atom. The lowest BCUT2D eigenvalue weighted by Crippen LogP contribution is -2.30. The van der Waals surface area contributed by atoms with Gasteiger partial charge in [0.15, 0.2) is 0 Å². The molecule has 150 valence electrons. The van der Waals surface area contributed by atoms with Crippen LogP contribution < -0.4 is 5.32 Å². The van der Waals surface area contributed by atoms with Gasteiger partial charge in [-0.15, -0.1) is 0 Å². The second-order valence-corrected chi connectivity index (χ2v) is 7.65. The number of nitrogens with zero attached hydrogens (tertiary/aromatic N) is 3. The summed E-state index contributed by atoms with van der Waals surface area (Å²) in [5.41, 5.74) is 5.93. The van der Waals surface area contributed by atoms with E-state index in [4.69, 9.17) is 5.26 Å². The van der Waals surface area contributed by atoms with Gasteiger partial charge in [0.05, 0.1) is 11.6 Å². The number of amides is 3. The van der Waals surface area contributed by atoms with Crippen LogP contribution in [0.25, 0.3) is 0 Å². The molecule has 3 amide bonds. The summed E-state index contributed by atoms with van der Waals surface area (Å²) in [6, 6.07) is 22.6. The van der Waals surface area contributed by atoms with Gasteiger partial charge in [0.2, 0.25) is 0 Å². The van der Waals surface area contributed by atoms with Crippen molar-refractivity contribution in [1.29, 1.82) is 5.26 Å². The molecule has 0 fully saturated rings. The van der Waals surface area contributed by atoms with Crippen LogP contribution in [0, 0.1) is 11.3 Å². The third-order valence-corrected chi connectivity index (χ3v) is 5.73. The highest BCUT2D eigenvalue weighted by Crippen LogP contribution is 2.30. The van der Waals surface area contributed by atoms with E-state index >= 15 is 0 Å². The van der Waals surface area contributed by atoms with Crippen molar-refractivity contribution in [3.8, 4) is 6.07 Å². The van der Waals surface area contributed by atoms with E-state index in [0.29, 0.717) is 29.9 Å². The van der Waals surface area contributed by atoms with Crippen molar-refractivity contribution in [2.24, 2.45) is 4.99 Å². The van der Waals surface area contributed by atoms with Gasteiger partial charge in [0.1, 0.15) is 0 Å². The first-order valence-electron chi connectivity index (χ1n) is 9.97. The van der Waals surface area contributed by atoms with E-state index in [-0.39, 0.29) is 17.9 Å². The van der Waals surface area contributed by atoms with Crippen molar-refractivity contribution in [3.63, 3.8) is 0 Å². The van der Waals surface area contributed by atoms with Gasteiger partial charge < -0.3 is 10.2 Å². The molecule has 6 nitrogen and oxygen atoms in total. The minimum absolute atomic E-state index is 0.0962. The molecule has 3 aromatic carbocycles. The van der Waals surface area contributed by atoms with Crippen molar-refractivity contribution >= 4 is 23.8 Å². The molecule has 0 aliphatic carbocycles. The van der Waals surface area contributed by atoms with Gasteiger partial charge in [0.25, 0.3) is 5.91 Å². The Morgan fingerprint density at radius 1 is 1.03 bits per heavy atom. The fourth-order valence-electron chi connectivity index (χ4n) is 4.10. The fourth-order valence-corrected chi connectivity index (χ4v) is 4.10. The number of aliphatic imine (C=N–C) groups is 1. The zero-order valence-electron chi connectivity index (χ0n) is 16.6. The zero-order chi connectivity index (χ0) is 21.4. The predicted octanol–water partition coefficient (Wildman–Crippen LogP) is 4.46. The molecule has 5 rings (SSSR count). The van der Waals surface area contributed by atoms with E-state index in [1.165, 1.54) is 0 Å². The smallest absolute Gasteiger partial charge is 0.316 e. The summed E-state index contributed by atoms with van der Waals surface area (Å²) in [5.74, 6) is -0.315. The van der Waals surface area contributed by atoms with E-state index in [1.807, 2.05) is 54.6 Å². The molecule has 3 aromatic rings. The molecular formula is C25H18N4O2. The van der Waals surface area contributed by atoms with Crippen LogP contribution in [-0.4, -0.2) is 23.1 Å². The van der Waals surface area contributed by atoms with Crippen molar-refractivity contribution in [3.05, 3.63) is 100 Å². The number of benzene rings is 3. The molecule has 1 unspecified atom stereocenters. The summed E-state index contributed by atoms with van der Waals surface area (Å²) >= 11 is 0. The molecule has 6 heteroatoms. The number of fused-ring (bicyclic) bond motifs is 2. The molecule has 2 aliphatic heterocycles. The number of anilines is 1. The third-order valence-electron chi connectivity index (χ3n) is 5.73. The van der Waals surface area contributed by atoms with Crippen LogP contribution in [0.15, 0.2) is 71.7 Å². The highest BCUT2D eigenvalue weighted by atomic mass is 16.2. The predicted molar refractivity (Wildman–Crippen MR) is 117 cm³/mol. The summed E-state index contributed by atoms with van der Waals surface area (Å²) in [7, 11) is 0. The number of hydrogen-bond donors (Lipinski definition) is 1. The molecule has 0 radical (unpaired) electrons. The molecule has 1 atom stereocenters. The maximum atomic E-state index is 12.7. The summed E-state index contributed by atoms with van der Waals surface area (Å²) in [6.45, 7) is 1.01. The second-order valence-electron chi connectivity index (χ2n) is 7.65. The summed E-state index contributed by atoms with van der Waals surface area (Å²) in [6.07, 6.45) is 1.68. The van der Waals surface area contributed by atoms with E-state index in [2.05, 4.69) is 16.4 Å². The number of nitrogens with one attached hydrogen (secondary N) is 1. The van der Waals surface area contributed by atoms with Gasteiger partial charge in [-0.25, -0.2) is 9.79 Å². The number of carbonyl (C=O) groups excluding carboxylic acids is 2. The Bertz CT molecular complexity index is 1270. The van der Waals surface area contributed by atoms with Crippen molar-refractivity contribution < 1.29 is 9.59 Å². The van der Waals surface area contributed by atoms with Crippen molar-refractivity contribution in [2.75, 3.05) is 5.32 Å². The van der Waals surface area contributed by atoms with E-state index in [1.54, 1.807) is 23.2 Å². The Hall–Kier alpha value is -4.24. The number of nitriles is 1. The SMILES string of the molecule is N#Cc1ccc2c(c1)CN(C(=O)Nc1ccc(C3C=NC(=O)c4ccccc43)cc1)C2. The first-order chi connectivity index (χ1) is 15.1. The maximum absolute atomic E-state index is 12.7. The standard InChI is InChI=1S/C25H18N4O2/c26-12-16-5-6-18-14-29(15-19(18)11-16)25(31)28-20-9-7-17(8-10-20)23-13-27-24(30)22-4-2-1-3-21(22)23/h1-11,13,23H,14-15H2,(H,28,31). The van der Waals surface area contributed by atoms with Crippen LogP contribution in [0.2, 0.25) is 0 Å². The van der Waals surface area contributed by atoms with Gasteiger partial charge >= 0.3 is 6.03 Å². The van der Waals surface area contributed by atoms with Crippen molar-refractivity contribution in [1.82, 2.24) is 4.90 Å². The summed E-state index contributed by atoms with van der Waals surface area (Å²) in [5, 5.41) is 12.0. The molecule has 0 saturated heterocycles. The van der Waals surface area contributed by atoms with Crippen LogP contribution in [0.1, 0.15) is 44.1 Å². The number of urea groups is 1. The summed E-state index contributed by atoms with van der Waals surface area (Å²) in [4.78, 5) is 30.5. The lowest BCUT2D eigenvalue weighted by atomic mass is 9.87. The Balaban J connectivity index is 1.29. The molecule has 0 spiro atoms. The van der Waals surface area contributed by atoms with Crippen LogP contribution >= 0.6 is 0 Å². The Morgan fingerprint density at radius 3 is 2.61 bits per heavy atom. The summed E-state index contributed by atoms with van der Waals surface area (Å²) < 4.78 is 0. The Labute approximate surface area is 179 Å². The highest BCUT2D eigenvalue weighted by molar-refractivity contribution is 6.05. The number of hydrogen-bond acceptors (Lipinski definition) is 3.